The maximum atomic E-state index is 10.6. The molecule has 0 saturated heterocycles. The first-order valence-electron chi connectivity index (χ1n) is 6.73. The fourth-order valence-corrected chi connectivity index (χ4v) is 4.23. The third kappa shape index (κ3) is 2.74. The van der Waals surface area contributed by atoms with Crippen LogP contribution in [0, 0.1) is 11.3 Å². The highest BCUT2D eigenvalue weighted by Gasteiger charge is 2.41. The predicted molar refractivity (Wildman–Crippen MR) is 78.0 cm³/mol. The molecular weight excluding hydrogens is 266 g/mol. The first-order chi connectivity index (χ1) is 8.61. The Kier molecular flexibility index (Phi) is 4.70. The molecule has 18 heavy (non-hydrogen) atoms. The van der Waals surface area contributed by atoms with Gasteiger partial charge in [0, 0.05) is 22.2 Å². The van der Waals surface area contributed by atoms with Crippen molar-refractivity contribution in [1.82, 2.24) is 0 Å². The van der Waals surface area contributed by atoms with E-state index in [0.29, 0.717) is 11.6 Å². The summed E-state index contributed by atoms with van der Waals surface area (Å²) in [6.45, 7) is 2.80. The summed E-state index contributed by atoms with van der Waals surface area (Å²) in [5.41, 5.74) is 5.84. The second-order valence-electron chi connectivity index (χ2n) is 5.49. The van der Waals surface area contributed by atoms with Crippen molar-refractivity contribution in [2.75, 3.05) is 6.54 Å². The molecular formula is C14H22ClNOS. The van der Waals surface area contributed by atoms with Crippen molar-refractivity contribution in [3.63, 3.8) is 0 Å². The lowest BCUT2D eigenvalue weighted by atomic mass is 9.66. The van der Waals surface area contributed by atoms with Gasteiger partial charge in [-0.15, -0.1) is 11.3 Å². The fraction of sp³-hybridized carbons (Fsp3) is 0.714. The zero-order valence-corrected chi connectivity index (χ0v) is 12.4. The number of hydrogen-bond donors (Lipinski definition) is 2. The highest BCUT2D eigenvalue weighted by atomic mass is 35.5. The van der Waals surface area contributed by atoms with E-state index in [4.69, 9.17) is 17.3 Å². The third-order valence-corrected chi connectivity index (χ3v) is 5.85. The molecule has 0 aromatic carbocycles. The first kappa shape index (κ1) is 14.3. The highest BCUT2D eigenvalue weighted by molar-refractivity contribution is 7.10. The summed E-state index contributed by atoms with van der Waals surface area (Å²) in [5, 5.41) is 13.2. The molecule has 102 valence electrons. The quantitative estimate of drug-likeness (QED) is 0.880. The molecule has 1 heterocycles. The van der Waals surface area contributed by atoms with Gasteiger partial charge in [-0.1, -0.05) is 24.9 Å². The average molecular weight is 288 g/mol. The number of rotatable bonds is 4. The molecule has 3 N–H and O–H groups in total. The molecule has 1 saturated carbocycles. The standard InChI is InChI=1S/C14H22ClNOS/c1-2-10-3-5-14(9-16,6-4-10)13(17)12-7-11(15)8-18-12/h7-8,10,13,17H,2-6,9,16H2,1H3. The van der Waals surface area contributed by atoms with E-state index in [9.17, 15) is 5.11 Å². The SMILES string of the molecule is CCC1CCC(CN)(C(O)c2cc(Cl)cs2)CC1. The van der Waals surface area contributed by atoms with E-state index in [1.807, 2.05) is 11.4 Å². The van der Waals surface area contributed by atoms with Crippen molar-refractivity contribution in [2.45, 2.75) is 45.1 Å². The molecule has 1 atom stereocenters. The van der Waals surface area contributed by atoms with Gasteiger partial charge >= 0.3 is 0 Å². The zero-order chi connectivity index (χ0) is 13.2. The van der Waals surface area contributed by atoms with Gasteiger partial charge in [-0.3, -0.25) is 0 Å². The molecule has 0 aliphatic heterocycles. The molecule has 4 heteroatoms. The molecule has 0 bridgehead atoms. The fourth-order valence-electron chi connectivity index (χ4n) is 3.02. The highest BCUT2D eigenvalue weighted by Crippen LogP contribution is 2.48. The van der Waals surface area contributed by atoms with Gasteiger partial charge in [-0.05, 0) is 37.7 Å². The van der Waals surface area contributed by atoms with Gasteiger partial charge in [0.25, 0.3) is 0 Å². The minimum atomic E-state index is -0.460. The summed E-state index contributed by atoms with van der Waals surface area (Å²) >= 11 is 7.48. The molecule has 0 spiro atoms. The minimum absolute atomic E-state index is 0.139. The molecule has 2 nitrogen and oxygen atoms in total. The van der Waals surface area contributed by atoms with Gasteiger partial charge in [0.1, 0.15) is 0 Å². The van der Waals surface area contributed by atoms with Crippen LogP contribution in [0.25, 0.3) is 0 Å². The van der Waals surface area contributed by atoms with Crippen LogP contribution in [0.3, 0.4) is 0 Å². The van der Waals surface area contributed by atoms with Gasteiger partial charge in [0.05, 0.1) is 11.1 Å². The Hall–Kier alpha value is -0.0900. The molecule has 1 aromatic rings. The lowest BCUT2D eigenvalue weighted by molar-refractivity contribution is -0.00805. The molecule has 2 rings (SSSR count). The summed E-state index contributed by atoms with van der Waals surface area (Å²) in [6.07, 6.45) is 5.20. The molecule has 1 unspecified atom stereocenters. The van der Waals surface area contributed by atoms with Crippen LogP contribution in [0.5, 0.6) is 0 Å². The Morgan fingerprint density at radius 1 is 1.56 bits per heavy atom. The Bertz CT molecular complexity index is 385. The van der Waals surface area contributed by atoms with Crippen LogP contribution in [0.4, 0.5) is 0 Å². The van der Waals surface area contributed by atoms with Gasteiger partial charge in [0.15, 0.2) is 0 Å². The number of halogens is 1. The Balaban J connectivity index is 2.13. The maximum Gasteiger partial charge on any atom is 0.0950 e. The number of hydrogen-bond acceptors (Lipinski definition) is 3. The van der Waals surface area contributed by atoms with Crippen LogP contribution in [0.2, 0.25) is 5.02 Å². The second-order valence-corrected chi connectivity index (χ2v) is 6.87. The summed E-state index contributed by atoms with van der Waals surface area (Å²) in [7, 11) is 0. The third-order valence-electron chi connectivity index (χ3n) is 4.52. The molecule has 0 amide bonds. The normalized spacial score (nSPS) is 30.3. The largest absolute Gasteiger partial charge is 0.387 e. The van der Waals surface area contributed by atoms with Crippen molar-refractivity contribution < 1.29 is 5.11 Å². The van der Waals surface area contributed by atoms with Crippen LogP contribution in [-0.4, -0.2) is 11.7 Å². The first-order valence-corrected chi connectivity index (χ1v) is 7.99. The van der Waals surface area contributed by atoms with Crippen molar-refractivity contribution in [2.24, 2.45) is 17.1 Å². The predicted octanol–water partition coefficient (Wildman–Crippen LogP) is 3.98. The Morgan fingerprint density at radius 2 is 2.22 bits per heavy atom. The van der Waals surface area contributed by atoms with Crippen molar-refractivity contribution in [3.8, 4) is 0 Å². The van der Waals surface area contributed by atoms with E-state index in [1.165, 1.54) is 30.6 Å². The summed E-state index contributed by atoms with van der Waals surface area (Å²) in [4.78, 5) is 0.959. The van der Waals surface area contributed by atoms with E-state index in [0.717, 1.165) is 23.6 Å². The smallest absolute Gasteiger partial charge is 0.0950 e. The van der Waals surface area contributed by atoms with Crippen LogP contribution in [0.15, 0.2) is 11.4 Å². The number of nitrogens with two attached hydrogens (primary N) is 1. The van der Waals surface area contributed by atoms with Crippen molar-refractivity contribution in [1.29, 1.82) is 0 Å². The van der Waals surface area contributed by atoms with Gasteiger partial charge in [0.2, 0.25) is 0 Å². The van der Waals surface area contributed by atoms with Crippen LogP contribution in [-0.2, 0) is 0 Å². The summed E-state index contributed by atoms with van der Waals surface area (Å²) in [5.74, 6) is 0.809. The Labute approximate surface area is 118 Å². The number of aliphatic hydroxyl groups is 1. The number of thiophene rings is 1. The summed E-state index contributed by atoms with van der Waals surface area (Å²) < 4.78 is 0. The molecule has 1 aliphatic rings. The van der Waals surface area contributed by atoms with E-state index in [1.54, 1.807) is 0 Å². The van der Waals surface area contributed by atoms with E-state index >= 15 is 0 Å². The molecule has 1 aliphatic carbocycles. The molecule has 0 radical (unpaired) electrons. The van der Waals surface area contributed by atoms with Crippen LogP contribution < -0.4 is 5.73 Å². The monoisotopic (exact) mass is 287 g/mol. The maximum absolute atomic E-state index is 10.6. The second kappa shape index (κ2) is 5.91. The van der Waals surface area contributed by atoms with Gasteiger partial charge < -0.3 is 10.8 Å². The summed E-state index contributed by atoms with van der Waals surface area (Å²) in [6, 6.07) is 1.88. The van der Waals surface area contributed by atoms with Crippen molar-refractivity contribution in [3.05, 3.63) is 21.3 Å². The topological polar surface area (TPSA) is 46.2 Å². The molecule has 1 aromatic heterocycles. The number of aliphatic hydroxyl groups excluding tert-OH is 1. The Morgan fingerprint density at radius 3 is 2.67 bits per heavy atom. The van der Waals surface area contributed by atoms with E-state index in [-0.39, 0.29) is 5.41 Å². The lowest BCUT2D eigenvalue weighted by Gasteiger charge is -2.42. The average Bonchev–Trinajstić information content (AvgIpc) is 2.84. The van der Waals surface area contributed by atoms with Crippen LogP contribution in [0.1, 0.15) is 50.0 Å². The van der Waals surface area contributed by atoms with Crippen LogP contribution >= 0.6 is 22.9 Å². The zero-order valence-electron chi connectivity index (χ0n) is 10.9. The van der Waals surface area contributed by atoms with Gasteiger partial charge in [-0.25, -0.2) is 0 Å². The lowest BCUT2D eigenvalue weighted by Crippen LogP contribution is -2.39. The van der Waals surface area contributed by atoms with E-state index < -0.39 is 6.10 Å². The van der Waals surface area contributed by atoms with E-state index in [2.05, 4.69) is 6.92 Å². The minimum Gasteiger partial charge on any atom is -0.387 e. The van der Waals surface area contributed by atoms with Crippen molar-refractivity contribution >= 4 is 22.9 Å². The van der Waals surface area contributed by atoms with Gasteiger partial charge in [-0.2, -0.15) is 0 Å². The molecule has 1 fully saturated rings.